The van der Waals surface area contributed by atoms with Gasteiger partial charge in [0, 0.05) is 17.7 Å². The lowest BCUT2D eigenvalue weighted by atomic mass is 10.0. The fourth-order valence-electron chi connectivity index (χ4n) is 2.94. The van der Waals surface area contributed by atoms with Crippen molar-refractivity contribution in [2.45, 2.75) is 49.1 Å². The number of benzene rings is 1. The summed E-state index contributed by atoms with van der Waals surface area (Å²) in [6, 6.07) is 5.28. The van der Waals surface area contributed by atoms with Crippen LogP contribution in [-0.2, 0) is 19.4 Å². The highest BCUT2D eigenvalue weighted by molar-refractivity contribution is 7.93. The highest BCUT2D eigenvalue weighted by Crippen LogP contribution is 2.35. The van der Waals surface area contributed by atoms with Crippen LogP contribution in [0.1, 0.15) is 27.2 Å². The lowest BCUT2D eigenvalue weighted by Gasteiger charge is -2.38. The van der Waals surface area contributed by atoms with Crippen molar-refractivity contribution in [3.8, 4) is 0 Å². The predicted octanol–water partition coefficient (Wildman–Crippen LogP) is 2.85. The first kappa shape index (κ1) is 22.6. The van der Waals surface area contributed by atoms with Gasteiger partial charge < -0.3 is 10.1 Å². The summed E-state index contributed by atoms with van der Waals surface area (Å²) in [7, 11) is -3.94. The van der Waals surface area contributed by atoms with Crippen LogP contribution in [0.25, 0.3) is 0 Å². The van der Waals surface area contributed by atoms with Crippen LogP contribution in [0.4, 0.5) is 0 Å². The van der Waals surface area contributed by atoms with Crippen molar-refractivity contribution in [2.75, 3.05) is 13.2 Å². The van der Waals surface area contributed by atoms with E-state index < -0.39 is 20.8 Å². The maximum Gasteiger partial charge on any atom is 0.234 e. The van der Waals surface area contributed by atoms with Crippen molar-refractivity contribution in [3.63, 3.8) is 0 Å². The number of allylic oxidation sites excluding steroid dienone is 2. The van der Waals surface area contributed by atoms with Crippen LogP contribution >= 0.6 is 11.6 Å². The Morgan fingerprint density at radius 2 is 1.93 bits per heavy atom. The van der Waals surface area contributed by atoms with E-state index in [-0.39, 0.29) is 30.0 Å². The van der Waals surface area contributed by atoms with Gasteiger partial charge in [0.15, 0.2) is 0 Å². The Hall–Kier alpha value is -1.67. The van der Waals surface area contributed by atoms with Crippen LogP contribution in [0.3, 0.4) is 0 Å². The lowest BCUT2D eigenvalue weighted by molar-refractivity contribution is -0.121. The molecule has 28 heavy (non-hydrogen) atoms. The van der Waals surface area contributed by atoms with Crippen LogP contribution < -0.4 is 10.6 Å². The Bertz CT molecular complexity index is 836. The molecule has 0 heterocycles. The Labute approximate surface area is 171 Å². The molecule has 1 aromatic rings. The van der Waals surface area contributed by atoms with Crippen molar-refractivity contribution in [1.29, 1.82) is 0 Å². The van der Waals surface area contributed by atoms with Gasteiger partial charge >= 0.3 is 0 Å². The largest absolute Gasteiger partial charge is 0.354 e. The highest BCUT2D eigenvalue weighted by atomic mass is 35.5. The van der Waals surface area contributed by atoms with E-state index in [4.69, 9.17) is 16.3 Å². The minimum atomic E-state index is -3.94. The maximum absolute atomic E-state index is 13.5. The van der Waals surface area contributed by atoms with Gasteiger partial charge in [0.05, 0.1) is 17.5 Å². The van der Waals surface area contributed by atoms with Crippen molar-refractivity contribution in [3.05, 3.63) is 53.6 Å². The summed E-state index contributed by atoms with van der Waals surface area (Å²) in [5.41, 5.74) is 0. The predicted molar refractivity (Wildman–Crippen MR) is 111 cm³/mol. The molecule has 0 spiro atoms. The monoisotopic (exact) mass is 426 g/mol. The number of rotatable bonds is 9. The second-order valence-electron chi connectivity index (χ2n) is 6.59. The summed E-state index contributed by atoms with van der Waals surface area (Å²) in [5, 5.41) is 6.33. The number of carbonyl (C=O) groups excluding carboxylic acids is 1. The van der Waals surface area contributed by atoms with E-state index in [2.05, 4.69) is 10.6 Å². The summed E-state index contributed by atoms with van der Waals surface area (Å²) >= 11 is 5.90. The molecule has 1 aliphatic carbocycles. The number of nitrogens with one attached hydrogen (secondary N) is 2. The van der Waals surface area contributed by atoms with Gasteiger partial charge in [-0.2, -0.15) is 0 Å². The zero-order valence-corrected chi connectivity index (χ0v) is 17.9. The van der Waals surface area contributed by atoms with Crippen molar-refractivity contribution in [1.82, 2.24) is 10.6 Å². The van der Waals surface area contributed by atoms with E-state index in [0.29, 0.717) is 5.02 Å². The van der Waals surface area contributed by atoms with Crippen molar-refractivity contribution in [2.24, 2.45) is 0 Å². The second-order valence-corrected chi connectivity index (χ2v) is 9.14. The molecule has 0 radical (unpaired) electrons. The van der Waals surface area contributed by atoms with Gasteiger partial charge in [0.1, 0.15) is 0 Å². The first-order valence-corrected chi connectivity index (χ1v) is 11.2. The first-order chi connectivity index (χ1) is 13.3. The van der Waals surface area contributed by atoms with E-state index in [1.54, 1.807) is 25.2 Å². The third-order valence-electron chi connectivity index (χ3n) is 4.59. The van der Waals surface area contributed by atoms with Gasteiger partial charge in [-0.3, -0.25) is 10.1 Å². The summed E-state index contributed by atoms with van der Waals surface area (Å²) in [4.78, 5) is 10.6. The summed E-state index contributed by atoms with van der Waals surface area (Å²) in [6.07, 6.45) is 7.40. The quantitative estimate of drug-likeness (QED) is 0.634. The first-order valence-electron chi connectivity index (χ1n) is 9.29. The number of amides is 1. The fraction of sp³-hybridized carbons (Fsp3) is 0.450. The van der Waals surface area contributed by atoms with E-state index >= 15 is 0 Å². The molecular formula is C20H27ClN2O4S. The van der Waals surface area contributed by atoms with Crippen LogP contribution in [0, 0.1) is 0 Å². The molecule has 2 rings (SSSR count). The minimum absolute atomic E-state index is 0.0296. The van der Waals surface area contributed by atoms with Gasteiger partial charge in [0.2, 0.25) is 20.7 Å². The van der Waals surface area contributed by atoms with Gasteiger partial charge in [-0.05, 0) is 50.6 Å². The molecule has 0 aliphatic heterocycles. The smallest absolute Gasteiger partial charge is 0.234 e. The van der Waals surface area contributed by atoms with E-state index in [0.717, 1.165) is 6.42 Å². The van der Waals surface area contributed by atoms with E-state index in [9.17, 15) is 13.2 Å². The second kappa shape index (κ2) is 9.69. The van der Waals surface area contributed by atoms with Crippen LogP contribution in [-0.4, -0.2) is 44.5 Å². The fourth-order valence-corrected chi connectivity index (χ4v) is 4.96. The molecule has 0 bridgehead atoms. The van der Waals surface area contributed by atoms with Crippen molar-refractivity contribution >= 4 is 27.3 Å². The number of ether oxygens (including phenoxy) is 1. The average Bonchev–Trinajstić information content (AvgIpc) is 2.67. The summed E-state index contributed by atoms with van der Waals surface area (Å²) < 4.78 is 32.8. The Morgan fingerprint density at radius 3 is 2.54 bits per heavy atom. The molecule has 1 aliphatic rings. The molecule has 3 unspecified atom stereocenters. The Kier molecular flexibility index (Phi) is 7.83. The topological polar surface area (TPSA) is 84.5 Å². The van der Waals surface area contributed by atoms with E-state index in [1.165, 1.54) is 30.3 Å². The third-order valence-corrected chi connectivity index (χ3v) is 7.09. The summed E-state index contributed by atoms with van der Waals surface area (Å²) in [6.45, 7) is 5.78. The standard InChI is InChI=1S/C20H27ClN2O4S/c1-4-15(3)23-19(24)14-22-18-8-6-7-13-20(18,27-5-2)28(25,26)17-11-9-16(21)10-12-17/h6-13,15,18,22H,4-5,14H2,1-3H3,(H,23,24). The zero-order chi connectivity index (χ0) is 20.8. The molecule has 8 heteroatoms. The molecule has 1 amide bonds. The molecule has 0 saturated heterocycles. The molecule has 0 saturated carbocycles. The number of sulfone groups is 1. The van der Waals surface area contributed by atoms with Crippen LogP contribution in [0.5, 0.6) is 0 Å². The van der Waals surface area contributed by atoms with Crippen molar-refractivity contribution < 1.29 is 17.9 Å². The average molecular weight is 427 g/mol. The Balaban J connectivity index is 2.33. The van der Waals surface area contributed by atoms with Gasteiger partial charge in [-0.25, -0.2) is 8.42 Å². The lowest BCUT2D eigenvalue weighted by Crippen LogP contribution is -2.57. The molecule has 2 N–H and O–H groups in total. The van der Waals surface area contributed by atoms with Crippen LogP contribution in [0.15, 0.2) is 53.5 Å². The molecule has 0 aromatic heterocycles. The Morgan fingerprint density at radius 1 is 1.25 bits per heavy atom. The molecular weight excluding hydrogens is 400 g/mol. The normalized spacial score (nSPS) is 22.8. The minimum Gasteiger partial charge on any atom is -0.354 e. The number of carbonyl (C=O) groups is 1. The summed E-state index contributed by atoms with van der Waals surface area (Å²) in [5.74, 6) is -0.202. The highest BCUT2D eigenvalue weighted by Gasteiger charge is 2.50. The maximum atomic E-state index is 13.5. The zero-order valence-electron chi connectivity index (χ0n) is 16.3. The number of hydrogen-bond acceptors (Lipinski definition) is 5. The van der Waals surface area contributed by atoms with Gasteiger partial charge in [-0.1, -0.05) is 36.8 Å². The van der Waals surface area contributed by atoms with Gasteiger partial charge in [0.25, 0.3) is 0 Å². The van der Waals surface area contributed by atoms with Crippen LogP contribution in [0.2, 0.25) is 5.02 Å². The molecule has 3 atom stereocenters. The van der Waals surface area contributed by atoms with Gasteiger partial charge in [-0.15, -0.1) is 0 Å². The third kappa shape index (κ3) is 4.84. The molecule has 154 valence electrons. The number of halogens is 1. The molecule has 0 fully saturated rings. The van der Waals surface area contributed by atoms with E-state index in [1.807, 2.05) is 13.8 Å². The number of hydrogen-bond donors (Lipinski definition) is 2. The SMILES string of the molecule is CCOC1(S(=O)(=O)c2ccc(Cl)cc2)C=CC=CC1NCC(=O)NC(C)CC. The molecule has 6 nitrogen and oxygen atoms in total. The molecule has 1 aromatic carbocycles.